The molecule has 17 heavy (non-hydrogen) atoms. The van der Waals surface area contributed by atoms with Crippen molar-refractivity contribution < 1.29 is 14.4 Å². The highest BCUT2D eigenvalue weighted by Crippen LogP contribution is 2.29. The van der Waals surface area contributed by atoms with E-state index in [1.54, 1.807) is 25.2 Å². The van der Waals surface area contributed by atoms with Crippen LogP contribution < -0.4 is 10.2 Å². The molecule has 2 amide bonds. The van der Waals surface area contributed by atoms with E-state index in [1.165, 1.54) is 11.8 Å². The molecule has 1 aromatic carbocycles. The van der Waals surface area contributed by atoms with Gasteiger partial charge in [0.05, 0.1) is 11.4 Å². The highest BCUT2D eigenvalue weighted by Gasteiger charge is 2.23. The largest absolute Gasteiger partial charge is 0.324 e. The molecule has 0 aliphatic carbocycles. The Bertz CT molecular complexity index is 522. The van der Waals surface area contributed by atoms with Crippen LogP contribution in [0.4, 0.5) is 11.4 Å². The van der Waals surface area contributed by atoms with Gasteiger partial charge in [-0.15, -0.1) is 0 Å². The third kappa shape index (κ3) is 2.04. The number of fused-ring (bicyclic) bond motifs is 1. The number of carbonyl (C=O) groups excluding carboxylic acids is 3. The minimum Gasteiger partial charge on any atom is -0.324 e. The lowest BCUT2D eigenvalue weighted by molar-refractivity contribution is -0.124. The van der Waals surface area contributed by atoms with E-state index in [4.69, 9.17) is 0 Å². The van der Waals surface area contributed by atoms with Crippen molar-refractivity contribution in [3.8, 4) is 0 Å². The zero-order valence-corrected chi connectivity index (χ0v) is 9.61. The summed E-state index contributed by atoms with van der Waals surface area (Å²) in [5, 5.41) is 2.62. The SMILES string of the molecule is CC(=O)c1ccc2c(c1)NC(=O)CC(=O)N2C. The van der Waals surface area contributed by atoms with Gasteiger partial charge in [0.2, 0.25) is 11.8 Å². The Morgan fingerprint density at radius 3 is 2.71 bits per heavy atom. The molecule has 1 aliphatic heterocycles. The van der Waals surface area contributed by atoms with E-state index in [0.29, 0.717) is 16.9 Å². The van der Waals surface area contributed by atoms with Crippen LogP contribution in [0.1, 0.15) is 23.7 Å². The maximum absolute atomic E-state index is 11.6. The molecular formula is C12H12N2O3. The quantitative estimate of drug-likeness (QED) is 0.584. The van der Waals surface area contributed by atoms with Gasteiger partial charge in [-0.25, -0.2) is 0 Å². The molecule has 5 heteroatoms. The maximum atomic E-state index is 11.6. The molecule has 0 aromatic heterocycles. The molecule has 1 heterocycles. The summed E-state index contributed by atoms with van der Waals surface area (Å²) in [5.74, 6) is -0.710. The average Bonchev–Trinajstić information content (AvgIpc) is 2.36. The van der Waals surface area contributed by atoms with Gasteiger partial charge in [0.25, 0.3) is 0 Å². The number of Topliss-reactive ketones (excluding diaryl/α,β-unsaturated/α-hetero) is 1. The minimum absolute atomic E-state index is 0.0831. The van der Waals surface area contributed by atoms with Crippen LogP contribution in [0.2, 0.25) is 0 Å². The van der Waals surface area contributed by atoms with Crippen LogP contribution in [-0.4, -0.2) is 24.6 Å². The first-order chi connectivity index (χ1) is 7.99. The van der Waals surface area contributed by atoms with Gasteiger partial charge in [-0.3, -0.25) is 14.4 Å². The molecule has 0 atom stereocenters. The number of nitrogens with one attached hydrogen (secondary N) is 1. The van der Waals surface area contributed by atoms with Crippen molar-refractivity contribution in [3.05, 3.63) is 23.8 Å². The zero-order valence-electron chi connectivity index (χ0n) is 9.61. The fourth-order valence-electron chi connectivity index (χ4n) is 1.73. The third-order valence-electron chi connectivity index (χ3n) is 2.72. The number of anilines is 2. The third-order valence-corrected chi connectivity index (χ3v) is 2.72. The van der Waals surface area contributed by atoms with Crippen molar-refractivity contribution in [2.45, 2.75) is 13.3 Å². The van der Waals surface area contributed by atoms with Crippen LogP contribution in [0.25, 0.3) is 0 Å². The van der Waals surface area contributed by atoms with Gasteiger partial charge in [0, 0.05) is 12.6 Å². The van der Waals surface area contributed by atoms with E-state index in [2.05, 4.69) is 5.32 Å². The van der Waals surface area contributed by atoms with Crippen LogP contribution in [0.5, 0.6) is 0 Å². The molecule has 0 saturated heterocycles. The van der Waals surface area contributed by atoms with E-state index in [-0.39, 0.29) is 24.0 Å². The molecule has 0 radical (unpaired) electrons. The summed E-state index contributed by atoms with van der Waals surface area (Å²) < 4.78 is 0. The summed E-state index contributed by atoms with van der Waals surface area (Å²) in [6.45, 7) is 1.45. The Balaban J connectivity index is 2.53. The summed E-state index contributed by atoms with van der Waals surface area (Å²) in [7, 11) is 1.61. The van der Waals surface area contributed by atoms with E-state index in [0.717, 1.165) is 0 Å². The van der Waals surface area contributed by atoms with Crippen LogP contribution >= 0.6 is 0 Å². The Morgan fingerprint density at radius 1 is 1.35 bits per heavy atom. The van der Waals surface area contributed by atoms with E-state index in [9.17, 15) is 14.4 Å². The second-order valence-corrected chi connectivity index (χ2v) is 3.97. The second kappa shape index (κ2) is 4.01. The smallest absolute Gasteiger partial charge is 0.236 e. The predicted molar refractivity (Wildman–Crippen MR) is 63.1 cm³/mol. The molecule has 1 N–H and O–H groups in total. The number of amides is 2. The minimum atomic E-state index is -0.360. The summed E-state index contributed by atoms with van der Waals surface area (Å²) in [6, 6.07) is 4.89. The monoisotopic (exact) mass is 232 g/mol. The molecule has 88 valence electrons. The standard InChI is InChI=1S/C12H12N2O3/c1-7(15)8-3-4-10-9(5-8)13-11(16)6-12(17)14(10)2/h3-5H,6H2,1-2H3,(H,13,16). The van der Waals surface area contributed by atoms with Crippen molar-refractivity contribution in [2.75, 3.05) is 17.3 Å². The second-order valence-electron chi connectivity index (χ2n) is 3.97. The fraction of sp³-hybridized carbons (Fsp3) is 0.250. The number of hydrogen-bond donors (Lipinski definition) is 1. The number of hydrogen-bond acceptors (Lipinski definition) is 3. The molecule has 0 bridgehead atoms. The molecule has 2 rings (SSSR count). The molecule has 1 aromatic rings. The molecule has 0 fully saturated rings. The number of ketones is 1. The van der Waals surface area contributed by atoms with Crippen molar-refractivity contribution >= 4 is 29.0 Å². The predicted octanol–water partition coefficient (Wildman–Crippen LogP) is 1.19. The van der Waals surface area contributed by atoms with Gasteiger partial charge in [-0.1, -0.05) is 0 Å². The van der Waals surface area contributed by atoms with Gasteiger partial charge in [-0.2, -0.15) is 0 Å². The normalized spacial score (nSPS) is 15.1. The Labute approximate surface area is 98.4 Å². The average molecular weight is 232 g/mol. The summed E-state index contributed by atoms with van der Waals surface area (Å²) in [5.41, 5.74) is 1.61. The number of rotatable bonds is 1. The maximum Gasteiger partial charge on any atom is 0.236 e. The van der Waals surface area contributed by atoms with Crippen LogP contribution in [0.15, 0.2) is 18.2 Å². The number of benzene rings is 1. The summed E-state index contributed by atoms with van der Waals surface area (Å²) in [6.07, 6.45) is -0.180. The van der Waals surface area contributed by atoms with E-state index >= 15 is 0 Å². The fourth-order valence-corrected chi connectivity index (χ4v) is 1.73. The van der Waals surface area contributed by atoms with Crippen molar-refractivity contribution in [1.82, 2.24) is 0 Å². The molecule has 0 unspecified atom stereocenters. The van der Waals surface area contributed by atoms with Crippen LogP contribution in [-0.2, 0) is 9.59 Å². The topological polar surface area (TPSA) is 66.5 Å². The van der Waals surface area contributed by atoms with Gasteiger partial charge < -0.3 is 10.2 Å². The van der Waals surface area contributed by atoms with Crippen molar-refractivity contribution in [3.63, 3.8) is 0 Å². The first-order valence-electron chi connectivity index (χ1n) is 5.20. The molecule has 0 spiro atoms. The highest BCUT2D eigenvalue weighted by molar-refractivity contribution is 6.14. The van der Waals surface area contributed by atoms with Crippen molar-refractivity contribution in [1.29, 1.82) is 0 Å². The lowest BCUT2D eigenvalue weighted by Crippen LogP contribution is -2.26. The lowest BCUT2D eigenvalue weighted by atomic mass is 10.1. The first-order valence-corrected chi connectivity index (χ1v) is 5.20. The Morgan fingerprint density at radius 2 is 2.06 bits per heavy atom. The summed E-state index contributed by atoms with van der Waals surface area (Å²) in [4.78, 5) is 35.7. The zero-order chi connectivity index (χ0) is 12.6. The lowest BCUT2D eigenvalue weighted by Gasteiger charge is -2.16. The van der Waals surface area contributed by atoms with Crippen LogP contribution in [0, 0.1) is 0 Å². The van der Waals surface area contributed by atoms with Gasteiger partial charge >= 0.3 is 0 Å². The van der Waals surface area contributed by atoms with Gasteiger partial charge in [0.15, 0.2) is 5.78 Å². The molecule has 5 nitrogen and oxygen atoms in total. The highest BCUT2D eigenvalue weighted by atomic mass is 16.2. The van der Waals surface area contributed by atoms with E-state index < -0.39 is 0 Å². The van der Waals surface area contributed by atoms with E-state index in [1.807, 2.05) is 0 Å². The molecule has 1 aliphatic rings. The summed E-state index contributed by atoms with van der Waals surface area (Å²) >= 11 is 0. The van der Waals surface area contributed by atoms with Crippen LogP contribution in [0.3, 0.4) is 0 Å². The Hall–Kier alpha value is -2.17. The van der Waals surface area contributed by atoms with Crippen molar-refractivity contribution in [2.24, 2.45) is 0 Å². The van der Waals surface area contributed by atoms with Gasteiger partial charge in [-0.05, 0) is 25.1 Å². The number of nitrogens with zero attached hydrogens (tertiary/aromatic N) is 1. The molecule has 0 saturated carbocycles. The molecular weight excluding hydrogens is 220 g/mol. The van der Waals surface area contributed by atoms with Gasteiger partial charge in [0.1, 0.15) is 6.42 Å². The number of carbonyl (C=O) groups is 3. The Kier molecular flexibility index (Phi) is 2.67. The first kappa shape index (κ1) is 11.3.